The zero-order valence-electron chi connectivity index (χ0n) is 18.9. The summed E-state index contributed by atoms with van der Waals surface area (Å²) >= 11 is 0. The summed E-state index contributed by atoms with van der Waals surface area (Å²) in [5, 5.41) is 3.00. The van der Waals surface area contributed by atoms with Gasteiger partial charge >= 0.3 is 0 Å². The number of nitrogens with one attached hydrogen (secondary N) is 1. The SMILES string of the molecule is CC[C@H](C)C(=O)N1CCC(Oc2ccc(NC(=O)C3CN(c4cccnc4)C3)cc2)CC1. The lowest BCUT2D eigenvalue weighted by atomic mass is 9.98. The van der Waals surface area contributed by atoms with Gasteiger partial charge in [-0.05, 0) is 42.8 Å². The molecule has 1 N–H and O–H groups in total. The molecular weight excluding hydrogens is 404 g/mol. The van der Waals surface area contributed by atoms with Crippen molar-refractivity contribution in [2.24, 2.45) is 11.8 Å². The Hall–Kier alpha value is -3.09. The van der Waals surface area contributed by atoms with E-state index in [1.165, 1.54) is 0 Å². The summed E-state index contributed by atoms with van der Waals surface area (Å²) in [6.45, 7) is 6.95. The van der Waals surface area contributed by atoms with Crippen LogP contribution in [-0.2, 0) is 9.59 Å². The van der Waals surface area contributed by atoms with E-state index in [4.69, 9.17) is 4.74 Å². The number of piperidine rings is 1. The average Bonchev–Trinajstić information content (AvgIpc) is 2.79. The van der Waals surface area contributed by atoms with Gasteiger partial charge in [0, 0.05) is 56.8 Å². The number of carbonyl (C=O) groups is 2. The zero-order valence-corrected chi connectivity index (χ0v) is 18.9. The third kappa shape index (κ3) is 5.21. The van der Waals surface area contributed by atoms with Crippen LogP contribution in [-0.4, -0.2) is 54.0 Å². The number of amides is 2. The van der Waals surface area contributed by atoms with Crippen LogP contribution in [0.25, 0.3) is 0 Å². The van der Waals surface area contributed by atoms with Crippen LogP contribution in [0.15, 0.2) is 48.8 Å². The summed E-state index contributed by atoms with van der Waals surface area (Å²) in [5.74, 6) is 1.15. The monoisotopic (exact) mass is 436 g/mol. The number of rotatable bonds is 7. The highest BCUT2D eigenvalue weighted by molar-refractivity contribution is 5.94. The molecule has 0 spiro atoms. The maximum atomic E-state index is 12.5. The second kappa shape index (κ2) is 10.0. The molecule has 32 heavy (non-hydrogen) atoms. The summed E-state index contributed by atoms with van der Waals surface area (Å²) in [7, 11) is 0. The fourth-order valence-electron chi connectivity index (χ4n) is 4.13. The van der Waals surface area contributed by atoms with Crippen LogP contribution in [0.4, 0.5) is 11.4 Å². The molecular formula is C25H32N4O3. The molecule has 2 aromatic rings. The van der Waals surface area contributed by atoms with Crippen molar-refractivity contribution in [1.82, 2.24) is 9.88 Å². The average molecular weight is 437 g/mol. The van der Waals surface area contributed by atoms with Crippen molar-refractivity contribution in [3.8, 4) is 5.75 Å². The Labute approximate surface area is 189 Å². The first-order valence-electron chi connectivity index (χ1n) is 11.5. The van der Waals surface area contributed by atoms with E-state index in [1.54, 1.807) is 6.20 Å². The van der Waals surface area contributed by atoms with Gasteiger partial charge < -0.3 is 19.9 Å². The van der Waals surface area contributed by atoms with Gasteiger partial charge in [-0.25, -0.2) is 0 Å². The van der Waals surface area contributed by atoms with Crippen LogP contribution in [0.5, 0.6) is 5.75 Å². The molecule has 4 rings (SSSR count). The summed E-state index contributed by atoms with van der Waals surface area (Å²) in [6, 6.07) is 11.5. The molecule has 2 amide bonds. The summed E-state index contributed by atoms with van der Waals surface area (Å²) in [5.41, 5.74) is 1.82. The van der Waals surface area contributed by atoms with Crippen molar-refractivity contribution < 1.29 is 14.3 Å². The van der Waals surface area contributed by atoms with E-state index in [0.717, 1.165) is 49.5 Å². The number of ether oxygens (including phenoxy) is 1. The number of nitrogens with zero attached hydrogens (tertiary/aromatic N) is 3. The van der Waals surface area contributed by atoms with Crippen molar-refractivity contribution >= 4 is 23.2 Å². The fraction of sp³-hybridized carbons (Fsp3) is 0.480. The highest BCUT2D eigenvalue weighted by Gasteiger charge is 2.33. The molecule has 2 saturated heterocycles. The Kier molecular flexibility index (Phi) is 6.93. The van der Waals surface area contributed by atoms with E-state index in [2.05, 4.69) is 15.2 Å². The Balaban J connectivity index is 1.20. The highest BCUT2D eigenvalue weighted by Crippen LogP contribution is 2.26. The minimum atomic E-state index is -0.0190. The van der Waals surface area contributed by atoms with E-state index >= 15 is 0 Å². The lowest BCUT2D eigenvalue weighted by molar-refractivity contribution is -0.136. The number of pyridine rings is 1. The number of hydrogen-bond acceptors (Lipinski definition) is 5. The smallest absolute Gasteiger partial charge is 0.231 e. The molecule has 0 aliphatic carbocycles. The second-order valence-corrected chi connectivity index (χ2v) is 8.78. The van der Waals surface area contributed by atoms with E-state index in [-0.39, 0.29) is 29.8 Å². The van der Waals surface area contributed by atoms with E-state index in [0.29, 0.717) is 13.1 Å². The fourth-order valence-corrected chi connectivity index (χ4v) is 4.13. The van der Waals surface area contributed by atoms with Crippen molar-refractivity contribution in [3.63, 3.8) is 0 Å². The van der Waals surface area contributed by atoms with Crippen molar-refractivity contribution in [1.29, 1.82) is 0 Å². The van der Waals surface area contributed by atoms with E-state index in [9.17, 15) is 9.59 Å². The molecule has 3 heterocycles. The Bertz CT molecular complexity index is 905. The third-order valence-corrected chi connectivity index (χ3v) is 6.48. The van der Waals surface area contributed by atoms with Gasteiger partial charge in [0.25, 0.3) is 0 Å². The second-order valence-electron chi connectivity index (χ2n) is 8.78. The molecule has 7 heteroatoms. The summed E-state index contributed by atoms with van der Waals surface area (Å²) < 4.78 is 6.11. The molecule has 7 nitrogen and oxygen atoms in total. The summed E-state index contributed by atoms with van der Waals surface area (Å²) in [6.07, 6.45) is 6.25. The zero-order chi connectivity index (χ0) is 22.5. The highest BCUT2D eigenvalue weighted by atomic mass is 16.5. The van der Waals surface area contributed by atoms with Gasteiger partial charge in [-0.1, -0.05) is 13.8 Å². The molecule has 0 radical (unpaired) electrons. The Morgan fingerprint density at radius 1 is 1.16 bits per heavy atom. The van der Waals surface area contributed by atoms with Crippen molar-refractivity contribution in [3.05, 3.63) is 48.8 Å². The molecule has 0 unspecified atom stereocenters. The standard InChI is InChI=1S/C25H32N4O3/c1-3-18(2)25(31)28-13-10-23(11-14-28)32-22-8-6-20(7-9-22)27-24(30)19-16-29(17-19)21-5-4-12-26-15-21/h4-9,12,15,18-19,23H,3,10-11,13-14,16-17H2,1-2H3,(H,27,30)/t18-/m0/s1. The summed E-state index contributed by atoms with van der Waals surface area (Å²) in [4.78, 5) is 33.1. The Morgan fingerprint density at radius 2 is 1.88 bits per heavy atom. The molecule has 1 atom stereocenters. The molecule has 2 aliphatic heterocycles. The number of aromatic nitrogens is 1. The van der Waals surface area contributed by atoms with Crippen molar-refractivity contribution in [2.45, 2.75) is 39.2 Å². The quantitative estimate of drug-likeness (QED) is 0.718. The van der Waals surface area contributed by atoms with E-state index < -0.39 is 0 Å². The molecule has 1 aromatic carbocycles. The first kappa shape index (κ1) is 22.1. The predicted molar refractivity (Wildman–Crippen MR) is 125 cm³/mol. The molecule has 0 saturated carbocycles. The van der Waals surface area contributed by atoms with Crippen LogP contribution in [0, 0.1) is 11.8 Å². The molecule has 170 valence electrons. The first-order chi connectivity index (χ1) is 15.5. The van der Waals surface area contributed by atoms with Gasteiger partial charge in [-0.2, -0.15) is 0 Å². The number of benzene rings is 1. The number of carbonyl (C=O) groups excluding carboxylic acids is 2. The van der Waals surface area contributed by atoms with Crippen LogP contribution < -0.4 is 15.0 Å². The van der Waals surface area contributed by atoms with Gasteiger partial charge in [0.15, 0.2) is 0 Å². The molecule has 2 aliphatic rings. The van der Waals surface area contributed by atoms with Crippen LogP contribution in [0.3, 0.4) is 0 Å². The first-order valence-corrected chi connectivity index (χ1v) is 11.5. The maximum absolute atomic E-state index is 12.5. The van der Waals surface area contributed by atoms with Crippen LogP contribution in [0.1, 0.15) is 33.1 Å². The lowest BCUT2D eigenvalue weighted by Crippen LogP contribution is -2.52. The largest absolute Gasteiger partial charge is 0.490 e. The molecule has 0 bridgehead atoms. The van der Waals surface area contributed by atoms with Gasteiger partial charge in [0.1, 0.15) is 11.9 Å². The maximum Gasteiger partial charge on any atom is 0.231 e. The predicted octanol–water partition coefficient (Wildman–Crippen LogP) is 3.57. The third-order valence-electron chi connectivity index (χ3n) is 6.48. The van der Waals surface area contributed by atoms with Gasteiger partial charge in [-0.3, -0.25) is 14.6 Å². The van der Waals surface area contributed by atoms with E-state index in [1.807, 2.05) is 61.3 Å². The van der Waals surface area contributed by atoms with Crippen LogP contribution >= 0.6 is 0 Å². The number of likely N-dealkylation sites (tertiary alicyclic amines) is 1. The number of anilines is 2. The minimum absolute atomic E-state index is 0.0190. The molecule has 1 aromatic heterocycles. The van der Waals surface area contributed by atoms with Gasteiger partial charge in [0.2, 0.25) is 11.8 Å². The van der Waals surface area contributed by atoms with Gasteiger partial charge in [-0.15, -0.1) is 0 Å². The van der Waals surface area contributed by atoms with Crippen LogP contribution in [0.2, 0.25) is 0 Å². The normalized spacial score (nSPS) is 18.1. The van der Waals surface area contributed by atoms with Gasteiger partial charge in [0.05, 0.1) is 17.8 Å². The molecule has 2 fully saturated rings. The minimum Gasteiger partial charge on any atom is -0.490 e. The number of hydrogen-bond donors (Lipinski definition) is 1. The topological polar surface area (TPSA) is 74.8 Å². The van der Waals surface area contributed by atoms with Crippen molar-refractivity contribution in [2.75, 3.05) is 36.4 Å². The lowest BCUT2D eigenvalue weighted by Gasteiger charge is -2.39. The Morgan fingerprint density at radius 3 is 2.50 bits per heavy atom.